The van der Waals surface area contributed by atoms with E-state index in [0.717, 1.165) is 7.11 Å². The van der Waals surface area contributed by atoms with E-state index in [4.69, 9.17) is 5.11 Å². The third kappa shape index (κ3) is 3.21. The van der Waals surface area contributed by atoms with Crippen molar-refractivity contribution in [1.29, 1.82) is 0 Å². The van der Waals surface area contributed by atoms with Crippen molar-refractivity contribution in [1.82, 2.24) is 4.90 Å². The van der Waals surface area contributed by atoms with Crippen LogP contribution in [0, 0.1) is 5.41 Å². The van der Waals surface area contributed by atoms with Gasteiger partial charge in [0.2, 0.25) is 0 Å². The normalized spacial score (nSPS) is 21.5. The van der Waals surface area contributed by atoms with Gasteiger partial charge in [-0.05, 0) is 18.9 Å². The van der Waals surface area contributed by atoms with Gasteiger partial charge >= 0.3 is 0 Å². The van der Waals surface area contributed by atoms with Crippen molar-refractivity contribution in [3.05, 3.63) is 0 Å². The second-order valence-corrected chi connectivity index (χ2v) is 3.73. The minimum atomic E-state index is 0.670. The molecule has 68 valence electrons. The largest absolute Gasteiger partial charge is 0.400 e. The van der Waals surface area contributed by atoms with Gasteiger partial charge in [-0.15, -0.1) is 0 Å². The van der Waals surface area contributed by atoms with Gasteiger partial charge in [0.25, 0.3) is 0 Å². The molecule has 2 heteroatoms. The average Bonchev–Trinajstić information content (AvgIpc) is 1.90. The lowest BCUT2D eigenvalue weighted by molar-refractivity contribution is 0.0311. The maximum atomic E-state index is 7.00. The molecule has 0 aromatic carbocycles. The molecule has 1 saturated heterocycles. The zero-order chi connectivity index (χ0) is 8.91. The Balaban J connectivity index is 0.000000461. The molecule has 0 atom stereocenters. The number of likely N-dealkylation sites (tertiary alicyclic amines) is 1. The molecule has 0 spiro atoms. The molecule has 1 fully saturated rings. The Bertz CT molecular complexity index is 92.2. The Hall–Kier alpha value is -0.0800. The lowest BCUT2D eigenvalue weighted by Crippen LogP contribution is -2.52. The number of aliphatic hydroxyl groups excluding tert-OH is 1. The molecule has 0 radical (unpaired) electrons. The Morgan fingerprint density at radius 2 is 1.82 bits per heavy atom. The van der Waals surface area contributed by atoms with Crippen molar-refractivity contribution in [3.8, 4) is 0 Å². The van der Waals surface area contributed by atoms with Gasteiger partial charge in [-0.2, -0.15) is 0 Å². The standard InChI is InChI=1S/C8H17N.CH4O/c1-4-5-8(2)6-9(3)7-8;1-2/h4-7H2,1-3H3;2H,1H3. The van der Waals surface area contributed by atoms with Crippen LogP contribution in [0.1, 0.15) is 26.7 Å². The predicted octanol–water partition coefficient (Wildman–Crippen LogP) is 1.35. The lowest BCUT2D eigenvalue weighted by atomic mass is 9.79. The number of nitrogens with zero attached hydrogens (tertiary/aromatic N) is 1. The fraction of sp³-hybridized carbons (Fsp3) is 1.00. The number of hydrogen-bond acceptors (Lipinski definition) is 2. The van der Waals surface area contributed by atoms with Crippen LogP contribution in [0.4, 0.5) is 0 Å². The van der Waals surface area contributed by atoms with Crippen molar-refractivity contribution in [2.24, 2.45) is 5.41 Å². The average molecular weight is 159 g/mol. The van der Waals surface area contributed by atoms with Crippen LogP contribution < -0.4 is 0 Å². The van der Waals surface area contributed by atoms with E-state index in [9.17, 15) is 0 Å². The lowest BCUT2D eigenvalue weighted by Gasteiger charge is -2.46. The first-order valence-electron chi connectivity index (χ1n) is 4.29. The quantitative estimate of drug-likeness (QED) is 0.657. The molecule has 1 N–H and O–H groups in total. The molecule has 1 aliphatic rings. The highest BCUT2D eigenvalue weighted by Crippen LogP contribution is 2.32. The van der Waals surface area contributed by atoms with Crippen LogP contribution in [0.25, 0.3) is 0 Å². The van der Waals surface area contributed by atoms with Gasteiger partial charge in [0.05, 0.1) is 0 Å². The van der Waals surface area contributed by atoms with Gasteiger partial charge in [-0.1, -0.05) is 20.3 Å². The molecule has 11 heavy (non-hydrogen) atoms. The maximum absolute atomic E-state index is 7.00. The van der Waals surface area contributed by atoms with Gasteiger partial charge < -0.3 is 10.0 Å². The minimum absolute atomic E-state index is 0.670. The minimum Gasteiger partial charge on any atom is -0.400 e. The van der Waals surface area contributed by atoms with Crippen LogP contribution in [0.5, 0.6) is 0 Å². The van der Waals surface area contributed by atoms with Gasteiger partial charge in [-0.3, -0.25) is 0 Å². The first kappa shape index (κ1) is 10.9. The Morgan fingerprint density at radius 1 is 1.36 bits per heavy atom. The third-order valence-corrected chi connectivity index (χ3v) is 2.16. The summed E-state index contributed by atoms with van der Waals surface area (Å²) < 4.78 is 0. The molecule has 0 amide bonds. The van der Waals surface area contributed by atoms with Crippen LogP contribution in [0.2, 0.25) is 0 Å². The van der Waals surface area contributed by atoms with Gasteiger partial charge in [0.15, 0.2) is 0 Å². The molecular formula is C9H21NO. The van der Waals surface area contributed by atoms with E-state index in [1.54, 1.807) is 0 Å². The molecule has 1 heterocycles. The molecule has 0 aromatic heterocycles. The van der Waals surface area contributed by atoms with E-state index >= 15 is 0 Å². The van der Waals surface area contributed by atoms with Gasteiger partial charge in [0, 0.05) is 20.2 Å². The zero-order valence-electron chi connectivity index (χ0n) is 8.22. The van der Waals surface area contributed by atoms with Crippen LogP contribution in [0.3, 0.4) is 0 Å². The molecule has 0 bridgehead atoms. The molecule has 2 nitrogen and oxygen atoms in total. The summed E-state index contributed by atoms with van der Waals surface area (Å²) in [6.45, 7) is 7.27. The topological polar surface area (TPSA) is 23.5 Å². The molecular weight excluding hydrogens is 138 g/mol. The second-order valence-electron chi connectivity index (χ2n) is 3.73. The molecule has 1 rings (SSSR count). The number of hydrogen-bond donors (Lipinski definition) is 1. The summed E-state index contributed by atoms with van der Waals surface area (Å²) in [4.78, 5) is 2.38. The molecule has 0 unspecified atom stereocenters. The summed E-state index contributed by atoms with van der Waals surface area (Å²) in [5.41, 5.74) is 0.670. The maximum Gasteiger partial charge on any atom is 0.0319 e. The summed E-state index contributed by atoms with van der Waals surface area (Å²) in [5, 5.41) is 7.00. The first-order valence-corrected chi connectivity index (χ1v) is 4.29. The van der Waals surface area contributed by atoms with Crippen molar-refractivity contribution in [2.75, 3.05) is 27.2 Å². The van der Waals surface area contributed by atoms with E-state index in [0.29, 0.717) is 5.41 Å². The summed E-state index contributed by atoms with van der Waals surface area (Å²) in [5.74, 6) is 0. The fourth-order valence-corrected chi connectivity index (χ4v) is 2.02. The Morgan fingerprint density at radius 3 is 2.09 bits per heavy atom. The van der Waals surface area contributed by atoms with E-state index in [-0.39, 0.29) is 0 Å². The van der Waals surface area contributed by atoms with Crippen LogP contribution in [-0.2, 0) is 0 Å². The van der Waals surface area contributed by atoms with E-state index in [1.807, 2.05) is 0 Å². The van der Waals surface area contributed by atoms with Crippen molar-refractivity contribution in [2.45, 2.75) is 26.7 Å². The van der Waals surface area contributed by atoms with Crippen molar-refractivity contribution < 1.29 is 5.11 Å². The summed E-state index contributed by atoms with van der Waals surface area (Å²) in [7, 11) is 3.19. The first-order chi connectivity index (χ1) is 5.16. The second kappa shape index (κ2) is 4.73. The Kier molecular flexibility index (Phi) is 4.69. The number of rotatable bonds is 2. The highest BCUT2D eigenvalue weighted by Gasteiger charge is 2.34. The van der Waals surface area contributed by atoms with E-state index in [2.05, 4.69) is 25.8 Å². The van der Waals surface area contributed by atoms with Crippen molar-refractivity contribution in [3.63, 3.8) is 0 Å². The van der Waals surface area contributed by atoms with Crippen LogP contribution in [0.15, 0.2) is 0 Å². The number of aliphatic hydroxyl groups is 1. The van der Waals surface area contributed by atoms with Crippen LogP contribution in [-0.4, -0.2) is 37.3 Å². The summed E-state index contributed by atoms with van der Waals surface area (Å²) >= 11 is 0. The Labute approximate surface area is 70.2 Å². The van der Waals surface area contributed by atoms with Crippen LogP contribution >= 0.6 is 0 Å². The van der Waals surface area contributed by atoms with E-state index < -0.39 is 0 Å². The summed E-state index contributed by atoms with van der Waals surface area (Å²) in [6, 6.07) is 0. The van der Waals surface area contributed by atoms with Gasteiger partial charge in [0.1, 0.15) is 0 Å². The smallest absolute Gasteiger partial charge is 0.0319 e. The van der Waals surface area contributed by atoms with Gasteiger partial charge in [-0.25, -0.2) is 0 Å². The molecule has 0 aromatic rings. The highest BCUT2D eigenvalue weighted by atomic mass is 16.2. The van der Waals surface area contributed by atoms with E-state index in [1.165, 1.54) is 25.9 Å². The third-order valence-electron chi connectivity index (χ3n) is 2.16. The predicted molar refractivity (Wildman–Crippen MR) is 48.7 cm³/mol. The monoisotopic (exact) mass is 159 g/mol. The zero-order valence-corrected chi connectivity index (χ0v) is 8.22. The molecule has 1 aliphatic heterocycles. The SMILES string of the molecule is CCCC1(C)CN(C)C1.CO. The fourth-order valence-electron chi connectivity index (χ4n) is 2.02. The molecule has 0 aliphatic carbocycles. The van der Waals surface area contributed by atoms with Crippen molar-refractivity contribution >= 4 is 0 Å². The highest BCUT2D eigenvalue weighted by molar-refractivity contribution is 4.88. The molecule has 0 saturated carbocycles. The summed E-state index contributed by atoms with van der Waals surface area (Å²) in [6.07, 6.45) is 2.74.